The zero-order valence-electron chi connectivity index (χ0n) is 21.7. The number of hydrogen-bond donors (Lipinski definition) is 4. The van der Waals surface area contributed by atoms with Crippen LogP contribution in [0, 0.1) is 5.82 Å². The molecule has 9 heteroatoms. The van der Waals surface area contributed by atoms with Crippen molar-refractivity contribution in [3.8, 4) is 33.8 Å². The number of pyridine rings is 3. The van der Waals surface area contributed by atoms with Crippen LogP contribution in [0.5, 0.6) is 0 Å². The van der Waals surface area contributed by atoms with Gasteiger partial charge in [-0.15, -0.1) is 0 Å². The van der Waals surface area contributed by atoms with Crippen molar-refractivity contribution in [2.75, 3.05) is 5.32 Å². The Balaban J connectivity index is 1.21. The summed E-state index contributed by atoms with van der Waals surface area (Å²) in [5.41, 5.74) is 7.33. The Hall–Kier alpha value is -5.41. The van der Waals surface area contributed by atoms with Gasteiger partial charge in [-0.2, -0.15) is 5.10 Å². The molecule has 0 bridgehead atoms. The van der Waals surface area contributed by atoms with Gasteiger partial charge in [-0.25, -0.2) is 9.37 Å². The number of benzene rings is 2. The second-order valence-corrected chi connectivity index (χ2v) is 9.78. The van der Waals surface area contributed by atoms with Crippen LogP contribution in [0.1, 0.15) is 5.56 Å². The lowest BCUT2D eigenvalue weighted by Crippen LogP contribution is -2.21. The fourth-order valence-corrected chi connectivity index (χ4v) is 5.09. The highest BCUT2D eigenvalue weighted by atomic mass is 19.1. The lowest BCUT2D eigenvalue weighted by molar-refractivity contribution is 0.204. The summed E-state index contributed by atoms with van der Waals surface area (Å²) in [6.07, 6.45) is 6.50. The van der Waals surface area contributed by atoms with E-state index in [4.69, 9.17) is 0 Å². The van der Waals surface area contributed by atoms with E-state index in [0.29, 0.717) is 34.7 Å². The van der Waals surface area contributed by atoms with E-state index >= 15 is 0 Å². The predicted octanol–water partition coefficient (Wildman–Crippen LogP) is 6.34. The summed E-state index contributed by atoms with van der Waals surface area (Å²) >= 11 is 0. The number of nitrogens with zero attached hydrogens (tertiary/aromatic N) is 4. The fraction of sp³-hybridized carbons (Fsp3) is 0.0625. The number of aromatic nitrogens is 6. The molecule has 5 aromatic heterocycles. The van der Waals surface area contributed by atoms with Crippen molar-refractivity contribution in [2.24, 2.45) is 0 Å². The molecule has 0 saturated carbocycles. The maximum absolute atomic E-state index is 14.6. The Morgan fingerprint density at radius 3 is 2.59 bits per heavy atom. The normalized spacial score (nSPS) is 12.1. The maximum atomic E-state index is 14.6. The molecule has 0 fully saturated rings. The third-order valence-electron chi connectivity index (χ3n) is 7.04. The number of hydrogen-bond acceptors (Lipinski definition) is 6. The summed E-state index contributed by atoms with van der Waals surface area (Å²) in [5.74, 6) is -0.290. The van der Waals surface area contributed by atoms with E-state index in [1.165, 1.54) is 6.07 Å². The van der Waals surface area contributed by atoms with Crippen LogP contribution < -0.4 is 5.32 Å². The van der Waals surface area contributed by atoms with Gasteiger partial charge in [0.05, 0.1) is 35.0 Å². The standard InChI is InChI=1S/C32H24FN7O/c33-26-9-5-4-8-23(26)22-10-11-35-32-24(22)14-28(38-32)31-25-15-27(36-18-29(25)39-40-31)20-13-21(17-34-16-20)37-30(41)12-19-6-2-1-3-7-19/h1-11,13-18,30,37,41H,12H2,(H,35,38)(H,39,40). The van der Waals surface area contributed by atoms with E-state index in [1.807, 2.05) is 60.7 Å². The molecule has 1 atom stereocenters. The molecule has 0 aliphatic rings. The first kappa shape index (κ1) is 24.6. The Labute approximate surface area is 234 Å². The molecule has 2 aromatic carbocycles. The zero-order chi connectivity index (χ0) is 27.8. The second-order valence-electron chi connectivity index (χ2n) is 9.78. The molecule has 0 radical (unpaired) electrons. The molecule has 0 amide bonds. The van der Waals surface area contributed by atoms with Gasteiger partial charge in [-0.05, 0) is 41.5 Å². The molecule has 0 spiro atoms. The third-order valence-corrected chi connectivity index (χ3v) is 7.04. The highest BCUT2D eigenvalue weighted by molar-refractivity contribution is 6.00. The molecular weight excluding hydrogens is 517 g/mol. The molecule has 8 nitrogen and oxygen atoms in total. The van der Waals surface area contributed by atoms with Gasteiger partial charge in [-0.1, -0.05) is 48.5 Å². The van der Waals surface area contributed by atoms with E-state index in [2.05, 4.69) is 35.5 Å². The number of aromatic amines is 2. The first-order valence-corrected chi connectivity index (χ1v) is 13.1. The van der Waals surface area contributed by atoms with Crippen molar-refractivity contribution in [3.63, 3.8) is 0 Å². The van der Waals surface area contributed by atoms with Gasteiger partial charge in [0, 0.05) is 40.7 Å². The van der Waals surface area contributed by atoms with Crippen LogP contribution in [0.15, 0.2) is 104 Å². The molecule has 7 rings (SSSR count). The molecule has 7 aromatic rings. The van der Waals surface area contributed by atoms with Crippen molar-refractivity contribution < 1.29 is 9.50 Å². The average Bonchev–Trinajstić information content (AvgIpc) is 3.62. The second kappa shape index (κ2) is 10.3. The number of aliphatic hydroxyl groups excluding tert-OH is 1. The van der Waals surface area contributed by atoms with E-state index in [0.717, 1.165) is 38.7 Å². The number of rotatable bonds is 7. The summed E-state index contributed by atoms with van der Waals surface area (Å²) in [6, 6.07) is 24.1. The van der Waals surface area contributed by atoms with Gasteiger partial charge in [-0.3, -0.25) is 15.1 Å². The number of anilines is 1. The van der Waals surface area contributed by atoms with Crippen LogP contribution in [0.4, 0.5) is 10.1 Å². The average molecular weight is 542 g/mol. The molecule has 4 N–H and O–H groups in total. The fourth-order valence-electron chi connectivity index (χ4n) is 5.09. The monoisotopic (exact) mass is 541 g/mol. The Bertz CT molecular complexity index is 2000. The first-order chi connectivity index (χ1) is 20.1. The van der Waals surface area contributed by atoms with Gasteiger partial charge in [0.25, 0.3) is 0 Å². The number of halogens is 1. The lowest BCUT2D eigenvalue weighted by atomic mass is 10.0. The minimum absolute atomic E-state index is 0.290. The molecular formula is C32H24FN7O. The minimum Gasteiger partial charge on any atom is -0.373 e. The quantitative estimate of drug-likeness (QED) is 0.175. The summed E-state index contributed by atoms with van der Waals surface area (Å²) in [6.45, 7) is 0. The number of fused-ring (bicyclic) bond motifs is 2. The smallest absolute Gasteiger partial charge is 0.138 e. The summed E-state index contributed by atoms with van der Waals surface area (Å²) in [5, 5.41) is 22.9. The highest BCUT2D eigenvalue weighted by Gasteiger charge is 2.17. The van der Waals surface area contributed by atoms with Crippen LogP contribution in [-0.2, 0) is 6.42 Å². The SMILES string of the molecule is OC(Cc1ccccc1)Nc1cncc(-c2cc3c(-c4cc5c(-c6ccccc6F)ccnc5[nH]4)n[nH]c3cn2)c1. The summed E-state index contributed by atoms with van der Waals surface area (Å²) in [4.78, 5) is 16.8. The van der Waals surface area contributed by atoms with Crippen LogP contribution in [0.3, 0.4) is 0 Å². The van der Waals surface area contributed by atoms with Crippen molar-refractivity contribution in [3.05, 3.63) is 115 Å². The highest BCUT2D eigenvalue weighted by Crippen LogP contribution is 2.35. The van der Waals surface area contributed by atoms with Crippen LogP contribution in [-0.4, -0.2) is 41.5 Å². The topological polar surface area (TPSA) is 115 Å². The Kier molecular flexibility index (Phi) is 6.18. The van der Waals surface area contributed by atoms with Gasteiger partial charge in [0.2, 0.25) is 0 Å². The molecule has 0 saturated heterocycles. The van der Waals surface area contributed by atoms with E-state index < -0.39 is 6.23 Å². The van der Waals surface area contributed by atoms with Crippen LogP contribution in [0.2, 0.25) is 0 Å². The predicted molar refractivity (Wildman–Crippen MR) is 157 cm³/mol. The van der Waals surface area contributed by atoms with E-state index in [1.54, 1.807) is 36.9 Å². The van der Waals surface area contributed by atoms with Gasteiger partial charge in [0.15, 0.2) is 0 Å². The third kappa shape index (κ3) is 4.79. The van der Waals surface area contributed by atoms with Gasteiger partial charge in [0.1, 0.15) is 23.4 Å². The summed E-state index contributed by atoms with van der Waals surface area (Å²) < 4.78 is 14.6. The first-order valence-electron chi connectivity index (χ1n) is 13.1. The Morgan fingerprint density at radius 1 is 0.854 bits per heavy atom. The number of aliphatic hydroxyl groups is 1. The van der Waals surface area contributed by atoms with Gasteiger partial charge >= 0.3 is 0 Å². The van der Waals surface area contributed by atoms with E-state index in [-0.39, 0.29) is 5.82 Å². The minimum atomic E-state index is -0.768. The molecule has 0 aliphatic heterocycles. The molecule has 0 aliphatic carbocycles. The van der Waals surface area contributed by atoms with Crippen molar-refractivity contribution >= 4 is 27.6 Å². The molecule has 1 unspecified atom stereocenters. The van der Waals surface area contributed by atoms with Crippen molar-refractivity contribution in [2.45, 2.75) is 12.6 Å². The molecule has 41 heavy (non-hydrogen) atoms. The molecule has 200 valence electrons. The van der Waals surface area contributed by atoms with Crippen LogP contribution >= 0.6 is 0 Å². The largest absolute Gasteiger partial charge is 0.373 e. The maximum Gasteiger partial charge on any atom is 0.138 e. The van der Waals surface area contributed by atoms with Crippen molar-refractivity contribution in [1.82, 2.24) is 30.1 Å². The summed E-state index contributed by atoms with van der Waals surface area (Å²) in [7, 11) is 0. The van der Waals surface area contributed by atoms with E-state index in [9.17, 15) is 9.50 Å². The number of H-pyrrole nitrogens is 2. The molecule has 5 heterocycles. The zero-order valence-corrected chi connectivity index (χ0v) is 21.7. The van der Waals surface area contributed by atoms with Crippen LogP contribution in [0.25, 0.3) is 55.7 Å². The lowest BCUT2D eigenvalue weighted by Gasteiger charge is -2.14. The van der Waals surface area contributed by atoms with Crippen molar-refractivity contribution in [1.29, 1.82) is 0 Å². The van der Waals surface area contributed by atoms with Gasteiger partial charge < -0.3 is 15.4 Å². The Morgan fingerprint density at radius 2 is 1.71 bits per heavy atom. The number of nitrogens with one attached hydrogen (secondary N) is 3.